The topological polar surface area (TPSA) is 98.5 Å². The predicted molar refractivity (Wildman–Crippen MR) is 111 cm³/mol. The molecular weight excluding hydrogens is 400 g/mol. The molecule has 0 aliphatic carbocycles. The Kier molecular flexibility index (Phi) is 6.58. The van der Waals surface area contributed by atoms with Crippen molar-refractivity contribution in [3.05, 3.63) is 69.3 Å². The Morgan fingerprint density at radius 3 is 2.50 bits per heavy atom. The number of carbonyl (C=O) groups excluding carboxylic acids is 2. The summed E-state index contributed by atoms with van der Waals surface area (Å²) in [6.07, 6.45) is 0. The van der Waals surface area contributed by atoms with Gasteiger partial charge in [0, 0.05) is 17.6 Å². The first-order chi connectivity index (χ1) is 13.5. The molecule has 1 fully saturated rings. The Balaban J connectivity index is 1.57. The molecule has 1 amide bonds. The summed E-state index contributed by atoms with van der Waals surface area (Å²) in [5.74, 6) is 0.981. The molecule has 9 heteroatoms. The number of anilines is 1. The fourth-order valence-corrected chi connectivity index (χ4v) is 5.54. The number of amides is 1. The number of ether oxygens (including phenoxy) is 1. The molecule has 0 unspecified atom stereocenters. The summed E-state index contributed by atoms with van der Waals surface area (Å²) in [5, 5.41) is 13.5. The van der Waals surface area contributed by atoms with Crippen molar-refractivity contribution in [2.75, 3.05) is 23.4 Å². The zero-order chi connectivity index (χ0) is 20.1. The van der Waals surface area contributed by atoms with Crippen LogP contribution in [-0.4, -0.2) is 34.9 Å². The summed E-state index contributed by atoms with van der Waals surface area (Å²) in [6, 6.07) is 11.6. The molecule has 1 heterocycles. The van der Waals surface area contributed by atoms with E-state index in [1.807, 2.05) is 35.7 Å². The van der Waals surface area contributed by atoms with E-state index in [4.69, 9.17) is 4.74 Å². The highest BCUT2D eigenvalue weighted by molar-refractivity contribution is 8.19. The molecular formula is C19H18N2O5S2. The summed E-state index contributed by atoms with van der Waals surface area (Å²) in [5.41, 5.74) is 1.94. The Morgan fingerprint density at radius 2 is 1.86 bits per heavy atom. The molecule has 0 atom stereocenters. The highest BCUT2D eigenvalue weighted by atomic mass is 32.2. The normalized spacial score (nSPS) is 13.9. The van der Waals surface area contributed by atoms with Gasteiger partial charge in [0.1, 0.15) is 5.69 Å². The molecule has 0 bridgehead atoms. The van der Waals surface area contributed by atoms with E-state index in [9.17, 15) is 19.7 Å². The fraction of sp³-hybridized carbons (Fsp3) is 0.263. The minimum Gasteiger partial charge on any atom is -0.452 e. The summed E-state index contributed by atoms with van der Waals surface area (Å²) >= 11 is 3.75. The molecule has 0 saturated carbocycles. The van der Waals surface area contributed by atoms with Crippen LogP contribution in [0.2, 0.25) is 0 Å². The van der Waals surface area contributed by atoms with Crippen LogP contribution in [0.15, 0.2) is 42.5 Å². The van der Waals surface area contributed by atoms with Gasteiger partial charge in [-0.3, -0.25) is 14.9 Å². The van der Waals surface area contributed by atoms with Crippen LogP contribution in [0.25, 0.3) is 0 Å². The summed E-state index contributed by atoms with van der Waals surface area (Å²) in [7, 11) is 0. The van der Waals surface area contributed by atoms with Gasteiger partial charge in [0.05, 0.1) is 15.1 Å². The Hall–Kier alpha value is -2.52. The Bertz CT molecular complexity index is 896. The first-order valence-corrected chi connectivity index (χ1v) is 10.6. The molecule has 2 aromatic rings. The lowest BCUT2D eigenvalue weighted by Crippen LogP contribution is -2.22. The monoisotopic (exact) mass is 418 g/mol. The summed E-state index contributed by atoms with van der Waals surface area (Å²) in [4.78, 5) is 34.8. The van der Waals surface area contributed by atoms with Gasteiger partial charge in [0.2, 0.25) is 0 Å². The first-order valence-electron chi connectivity index (χ1n) is 8.50. The van der Waals surface area contributed by atoms with E-state index in [0.717, 1.165) is 17.1 Å². The van der Waals surface area contributed by atoms with Crippen molar-refractivity contribution in [3.8, 4) is 0 Å². The molecule has 28 heavy (non-hydrogen) atoms. The van der Waals surface area contributed by atoms with Crippen LogP contribution in [0.3, 0.4) is 0 Å². The van der Waals surface area contributed by atoms with Crippen molar-refractivity contribution in [2.24, 2.45) is 0 Å². The first kappa shape index (κ1) is 20.2. The van der Waals surface area contributed by atoms with Crippen molar-refractivity contribution in [1.82, 2.24) is 0 Å². The van der Waals surface area contributed by atoms with E-state index in [-0.39, 0.29) is 11.4 Å². The Labute approximate surface area is 170 Å². The maximum atomic E-state index is 12.2. The molecule has 0 radical (unpaired) electrons. The Morgan fingerprint density at radius 1 is 1.18 bits per heavy atom. The largest absolute Gasteiger partial charge is 0.452 e. The van der Waals surface area contributed by atoms with Crippen molar-refractivity contribution in [3.63, 3.8) is 0 Å². The van der Waals surface area contributed by atoms with Gasteiger partial charge in [-0.1, -0.05) is 24.3 Å². The third kappa shape index (κ3) is 4.85. The van der Waals surface area contributed by atoms with E-state index >= 15 is 0 Å². The second kappa shape index (κ2) is 9.11. The van der Waals surface area contributed by atoms with Crippen LogP contribution in [0, 0.1) is 17.0 Å². The highest BCUT2D eigenvalue weighted by Crippen LogP contribution is 2.45. The quantitative estimate of drug-likeness (QED) is 0.427. The van der Waals surface area contributed by atoms with E-state index in [2.05, 4.69) is 5.32 Å². The van der Waals surface area contributed by atoms with Crippen LogP contribution in [0.5, 0.6) is 0 Å². The van der Waals surface area contributed by atoms with Gasteiger partial charge in [-0.15, -0.1) is 23.5 Å². The van der Waals surface area contributed by atoms with Crippen LogP contribution >= 0.6 is 23.5 Å². The second-order valence-corrected chi connectivity index (χ2v) is 8.77. The number of carbonyl (C=O) groups is 2. The maximum Gasteiger partial charge on any atom is 0.338 e. The number of nitrogens with zero attached hydrogens (tertiary/aromatic N) is 1. The van der Waals surface area contributed by atoms with Gasteiger partial charge in [-0.25, -0.2) is 4.79 Å². The van der Waals surface area contributed by atoms with Gasteiger partial charge in [-0.05, 0) is 30.2 Å². The van der Waals surface area contributed by atoms with E-state index in [1.165, 1.54) is 12.1 Å². The molecule has 146 valence electrons. The lowest BCUT2D eigenvalue weighted by atomic mass is 10.1. The lowest BCUT2D eigenvalue weighted by Gasteiger charge is -2.10. The van der Waals surface area contributed by atoms with Crippen LogP contribution in [0.4, 0.5) is 11.4 Å². The van der Waals surface area contributed by atoms with Gasteiger partial charge in [-0.2, -0.15) is 0 Å². The standard InChI is InChI=1S/C19H18N2O5S2/c1-12-3-2-4-15(21(24)25)17(12)20-16(22)11-26-18(23)13-5-7-14(8-6-13)19-27-9-10-28-19/h2-8,19H,9-11H2,1H3,(H,20,22). The number of esters is 1. The number of aryl methyl sites for hydroxylation is 1. The minimum absolute atomic E-state index is 0.101. The molecule has 1 aliphatic rings. The number of hydrogen-bond acceptors (Lipinski definition) is 7. The van der Waals surface area contributed by atoms with Crippen LogP contribution in [0.1, 0.15) is 26.1 Å². The van der Waals surface area contributed by atoms with Crippen molar-refractivity contribution in [2.45, 2.75) is 11.5 Å². The molecule has 7 nitrogen and oxygen atoms in total. The van der Waals surface area contributed by atoms with Gasteiger partial charge < -0.3 is 10.1 Å². The van der Waals surface area contributed by atoms with Gasteiger partial charge >= 0.3 is 5.97 Å². The number of rotatable bonds is 6. The average molecular weight is 418 g/mol. The molecule has 1 aliphatic heterocycles. The molecule has 0 spiro atoms. The summed E-state index contributed by atoms with van der Waals surface area (Å²) in [6.45, 7) is 1.12. The van der Waals surface area contributed by atoms with Crippen molar-refractivity contribution < 1.29 is 19.2 Å². The second-order valence-electron chi connectivity index (χ2n) is 6.05. The van der Waals surface area contributed by atoms with Crippen molar-refractivity contribution in [1.29, 1.82) is 0 Å². The number of nitrogens with one attached hydrogen (secondary N) is 1. The smallest absolute Gasteiger partial charge is 0.338 e. The number of nitro groups is 1. The van der Waals surface area contributed by atoms with Crippen LogP contribution in [-0.2, 0) is 9.53 Å². The predicted octanol–water partition coefficient (Wildman–Crippen LogP) is 4.18. The van der Waals surface area contributed by atoms with E-state index in [1.54, 1.807) is 25.1 Å². The lowest BCUT2D eigenvalue weighted by molar-refractivity contribution is -0.384. The number of hydrogen-bond donors (Lipinski definition) is 1. The number of para-hydroxylation sites is 1. The molecule has 1 N–H and O–H groups in total. The number of nitro benzene ring substituents is 1. The molecule has 0 aromatic heterocycles. The van der Waals surface area contributed by atoms with E-state index in [0.29, 0.717) is 15.7 Å². The minimum atomic E-state index is -0.638. The van der Waals surface area contributed by atoms with Crippen LogP contribution < -0.4 is 5.32 Å². The average Bonchev–Trinajstić information content (AvgIpc) is 3.22. The molecule has 1 saturated heterocycles. The highest BCUT2D eigenvalue weighted by Gasteiger charge is 2.20. The van der Waals surface area contributed by atoms with Gasteiger partial charge in [0.15, 0.2) is 6.61 Å². The summed E-state index contributed by atoms with van der Waals surface area (Å²) < 4.78 is 5.43. The molecule has 2 aromatic carbocycles. The molecule has 3 rings (SSSR count). The third-order valence-electron chi connectivity index (χ3n) is 4.09. The number of benzene rings is 2. The zero-order valence-corrected chi connectivity index (χ0v) is 16.7. The van der Waals surface area contributed by atoms with E-state index < -0.39 is 23.4 Å². The number of thioether (sulfide) groups is 2. The third-order valence-corrected chi connectivity index (χ3v) is 7.19. The van der Waals surface area contributed by atoms with Gasteiger partial charge in [0.25, 0.3) is 11.6 Å². The zero-order valence-electron chi connectivity index (χ0n) is 15.0. The maximum absolute atomic E-state index is 12.2. The fourth-order valence-electron chi connectivity index (χ4n) is 2.68. The van der Waals surface area contributed by atoms with Crippen molar-refractivity contribution >= 4 is 46.8 Å². The SMILES string of the molecule is Cc1cccc([N+](=O)[O-])c1NC(=O)COC(=O)c1ccc(C2SCCS2)cc1.